The molecule has 0 amide bonds. The summed E-state index contributed by atoms with van der Waals surface area (Å²) in [5, 5.41) is 0. The average Bonchev–Trinajstić information content (AvgIpc) is 2.46. The standard InChI is InChI=1S/C14H25N3O4S2/c1-14(2,10-15)11-17(5)23(20,21)13-8-6-7-12(9-13)22(18,19)16(3)4/h6-9H,10-11,15H2,1-5H3. The Hall–Kier alpha value is -1.00. The van der Waals surface area contributed by atoms with Gasteiger partial charge in [-0.1, -0.05) is 19.9 Å². The molecule has 0 saturated heterocycles. The van der Waals surface area contributed by atoms with E-state index in [1.54, 1.807) is 0 Å². The molecule has 7 nitrogen and oxygen atoms in total. The van der Waals surface area contributed by atoms with Gasteiger partial charge in [0.1, 0.15) is 0 Å². The molecular formula is C14H25N3O4S2. The quantitative estimate of drug-likeness (QED) is 0.762. The van der Waals surface area contributed by atoms with Gasteiger partial charge in [-0.3, -0.25) is 0 Å². The fraction of sp³-hybridized carbons (Fsp3) is 0.571. The van der Waals surface area contributed by atoms with Crippen LogP contribution >= 0.6 is 0 Å². The summed E-state index contributed by atoms with van der Waals surface area (Å²) in [6, 6.07) is 5.36. The summed E-state index contributed by atoms with van der Waals surface area (Å²) in [6.07, 6.45) is 0. The molecule has 0 atom stereocenters. The monoisotopic (exact) mass is 363 g/mol. The van der Waals surface area contributed by atoms with Gasteiger partial charge in [-0.05, 0) is 30.2 Å². The van der Waals surface area contributed by atoms with Crippen LogP contribution in [0.4, 0.5) is 0 Å². The van der Waals surface area contributed by atoms with Crippen LogP contribution in [0.25, 0.3) is 0 Å². The lowest BCUT2D eigenvalue weighted by Crippen LogP contribution is -2.39. The number of nitrogens with two attached hydrogens (primary N) is 1. The van der Waals surface area contributed by atoms with Crippen LogP contribution in [-0.4, -0.2) is 59.7 Å². The molecule has 0 aromatic heterocycles. The molecule has 0 radical (unpaired) electrons. The fourth-order valence-corrected chi connectivity index (χ4v) is 4.37. The summed E-state index contributed by atoms with van der Waals surface area (Å²) in [6.45, 7) is 4.30. The lowest BCUT2D eigenvalue weighted by Gasteiger charge is -2.28. The Morgan fingerprint density at radius 3 is 1.91 bits per heavy atom. The Balaban J connectivity index is 3.26. The van der Waals surface area contributed by atoms with Crippen molar-refractivity contribution in [2.24, 2.45) is 11.1 Å². The van der Waals surface area contributed by atoms with Gasteiger partial charge in [0, 0.05) is 27.7 Å². The minimum atomic E-state index is -3.80. The molecule has 0 unspecified atom stereocenters. The van der Waals surface area contributed by atoms with E-state index in [9.17, 15) is 16.8 Å². The average molecular weight is 364 g/mol. The predicted octanol–water partition coefficient (Wildman–Crippen LogP) is 0.542. The summed E-state index contributed by atoms with van der Waals surface area (Å²) < 4.78 is 51.9. The highest BCUT2D eigenvalue weighted by molar-refractivity contribution is 7.90. The van der Waals surface area contributed by atoms with Crippen molar-refractivity contribution in [1.82, 2.24) is 8.61 Å². The molecule has 1 rings (SSSR count). The fourth-order valence-electron chi connectivity index (χ4n) is 1.94. The number of nitrogens with zero attached hydrogens (tertiary/aromatic N) is 2. The van der Waals surface area contributed by atoms with Gasteiger partial charge in [0.05, 0.1) is 9.79 Å². The normalized spacial score (nSPS) is 13.7. The molecule has 23 heavy (non-hydrogen) atoms. The Morgan fingerprint density at radius 2 is 1.48 bits per heavy atom. The maximum atomic E-state index is 12.7. The van der Waals surface area contributed by atoms with Crippen LogP contribution in [0.2, 0.25) is 0 Å². The number of hydrogen-bond acceptors (Lipinski definition) is 5. The van der Waals surface area contributed by atoms with Gasteiger partial charge in [0.2, 0.25) is 20.0 Å². The SMILES string of the molecule is CN(C)S(=O)(=O)c1cccc(S(=O)(=O)N(C)CC(C)(C)CN)c1. The summed E-state index contributed by atoms with van der Waals surface area (Å²) in [4.78, 5) is -0.120. The second-order valence-electron chi connectivity index (χ2n) is 6.39. The van der Waals surface area contributed by atoms with E-state index in [-0.39, 0.29) is 21.8 Å². The van der Waals surface area contributed by atoms with E-state index in [1.165, 1.54) is 49.7 Å². The van der Waals surface area contributed by atoms with Gasteiger partial charge in [0.15, 0.2) is 0 Å². The van der Waals surface area contributed by atoms with Gasteiger partial charge in [-0.2, -0.15) is 0 Å². The van der Waals surface area contributed by atoms with Crippen molar-refractivity contribution in [3.63, 3.8) is 0 Å². The maximum absolute atomic E-state index is 12.7. The Labute approximate surface area is 139 Å². The van der Waals surface area contributed by atoms with Gasteiger partial charge >= 0.3 is 0 Å². The molecule has 2 N–H and O–H groups in total. The topological polar surface area (TPSA) is 101 Å². The Bertz CT molecular complexity index is 756. The first-order valence-corrected chi connectivity index (χ1v) is 9.91. The third-order valence-corrected chi connectivity index (χ3v) is 7.11. The van der Waals surface area contributed by atoms with E-state index in [0.29, 0.717) is 6.54 Å². The van der Waals surface area contributed by atoms with E-state index in [2.05, 4.69) is 0 Å². The van der Waals surface area contributed by atoms with Gasteiger partial charge in [0.25, 0.3) is 0 Å². The second kappa shape index (κ2) is 6.86. The van der Waals surface area contributed by atoms with Crippen molar-refractivity contribution in [2.75, 3.05) is 34.2 Å². The summed E-state index contributed by atoms with van der Waals surface area (Å²) in [5.74, 6) is 0. The first-order valence-electron chi connectivity index (χ1n) is 7.03. The number of hydrogen-bond donors (Lipinski definition) is 1. The molecule has 0 aliphatic heterocycles. The minimum absolute atomic E-state index is 0.0595. The molecule has 0 aliphatic rings. The number of benzene rings is 1. The Kier molecular flexibility index (Phi) is 5.98. The van der Waals surface area contributed by atoms with Crippen molar-refractivity contribution >= 4 is 20.0 Å². The molecular weight excluding hydrogens is 338 g/mol. The van der Waals surface area contributed by atoms with Crippen LogP contribution in [0.5, 0.6) is 0 Å². The van der Waals surface area contributed by atoms with Gasteiger partial charge in [-0.15, -0.1) is 0 Å². The molecule has 0 spiro atoms. The molecule has 0 saturated carbocycles. The highest BCUT2D eigenvalue weighted by atomic mass is 32.2. The van der Waals surface area contributed by atoms with E-state index < -0.39 is 20.0 Å². The minimum Gasteiger partial charge on any atom is -0.330 e. The van der Waals surface area contributed by atoms with Crippen molar-refractivity contribution < 1.29 is 16.8 Å². The highest BCUT2D eigenvalue weighted by Gasteiger charge is 2.28. The number of rotatable bonds is 7. The highest BCUT2D eigenvalue weighted by Crippen LogP contribution is 2.23. The molecule has 0 fully saturated rings. The first kappa shape index (κ1) is 20.0. The first-order chi connectivity index (χ1) is 10.3. The van der Waals surface area contributed by atoms with Crippen LogP contribution < -0.4 is 5.73 Å². The smallest absolute Gasteiger partial charge is 0.242 e. The van der Waals surface area contributed by atoms with Crippen molar-refractivity contribution in [2.45, 2.75) is 23.6 Å². The third-order valence-electron chi connectivity index (χ3n) is 3.50. The zero-order valence-corrected chi connectivity index (χ0v) is 15.8. The summed E-state index contributed by atoms with van der Waals surface area (Å²) in [5.41, 5.74) is 5.26. The van der Waals surface area contributed by atoms with Crippen LogP contribution in [0.15, 0.2) is 34.1 Å². The predicted molar refractivity (Wildman–Crippen MR) is 90.0 cm³/mol. The molecule has 1 aromatic rings. The van der Waals surface area contributed by atoms with E-state index in [1.807, 2.05) is 13.8 Å². The maximum Gasteiger partial charge on any atom is 0.242 e. The van der Waals surface area contributed by atoms with E-state index in [0.717, 1.165) is 4.31 Å². The van der Waals surface area contributed by atoms with Gasteiger partial charge in [-0.25, -0.2) is 25.4 Å². The molecule has 132 valence electrons. The molecule has 0 heterocycles. The lowest BCUT2D eigenvalue weighted by atomic mass is 9.94. The van der Waals surface area contributed by atoms with Crippen molar-refractivity contribution in [3.8, 4) is 0 Å². The Morgan fingerprint density at radius 1 is 1.00 bits per heavy atom. The van der Waals surface area contributed by atoms with Crippen LogP contribution in [0, 0.1) is 5.41 Å². The molecule has 0 aliphatic carbocycles. The van der Waals surface area contributed by atoms with E-state index in [4.69, 9.17) is 5.73 Å². The molecule has 0 bridgehead atoms. The molecule has 9 heteroatoms. The zero-order valence-electron chi connectivity index (χ0n) is 14.1. The van der Waals surface area contributed by atoms with Crippen LogP contribution in [0.3, 0.4) is 0 Å². The molecule has 1 aromatic carbocycles. The van der Waals surface area contributed by atoms with Crippen LogP contribution in [-0.2, 0) is 20.0 Å². The lowest BCUT2D eigenvalue weighted by molar-refractivity contribution is 0.292. The largest absolute Gasteiger partial charge is 0.330 e. The van der Waals surface area contributed by atoms with E-state index >= 15 is 0 Å². The summed E-state index contributed by atoms with van der Waals surface area (Å²) >= 11 is 0. The summed E-state index contributed by atoms with van der Waals surface area (Å²) in [7, 11) is -3.24. The van der Waals surface area contributed by atoms with Crippen molar-refractivity contribution in [1.29, 1.82) is 0 Å². The van der Waals surface area contributed by atoms with Gasteiger partial charge < -0.3 is 5.73 Å². The third kappa shape index (κ3) is 4.51. The van der Waals surface area contributed by atoms with Crippen molar-refractivity contribution in [3.05, 3.63) is 24.3 Å². The number of sulfonamides is 2. The zero-order chi connectivity index (χ0) is 18.1. The second-order valence-corrected chi connectivity index (χ2v) is 10.6. The van der Waals surface area contributed by atoms with Crippen LogP contribution in [0.1, 0.15) is 13.8 Å².